The largest absolute Gasteiger partial charge is 0.347 e. The van der Waals surface area contributed by atoms with E-state index in [9.17, 15) is 13.2 Å². The molecule has 1 aromatic carbocycles. The molecule has 9 heteroatoms. The smallest absolute Gasteiger partial charge is 0.272 e. The Hall–Kier alpha value is -2.49. The molecule has 3 heterocycles. The lowest BCUT2D eigenvalue weighted by atomic mass is 10.1. The summed E-state index contributed by atoms with van der Waals surface area (Å²) in [5.41, 5.74) is 4.01. The van der Waals surface area contributed by atoms with Crippen molar-refractivity contribution in [2.45, 2.75) is 30.6 Å². The number of aromatic nitrogens is 2. The summed E-state index contributed by atoms with van der Waals surface area (Å²) in [4.78, 5) is 12.8. The third kappa shape index (κ3) is 3.85. The van der Waals surface area contributed by atoms with Crippen LogP contribution in [0, 0.1) is 6.92 Å². The molecular formula is C20H22N4O3S2. The highest BCUT2D eigenvalue weighted by molar-refractivity contribution is 7.91. The molecule has 0 atom stereocenters. The number of amides is 1. The Bertz CT molecular complexity index is 1150. The summed E-state index contributed by atoms with van der Waals surface area (Å²) in [7, 11) is -1.78. The highest BCUT2D eigenvalue weighted by Gasteiger charge is 2.33. The Kier molecular flexibility index (Phi) is 5.28. The summed E-state index contributed by atoms with van der Waals surface area (Å²) in [6, 6.07) is 11.3. The van der Waals surface area contributed by atoms with E-state index in [0.717, 1.165) is 16.8 Å². The minimum absolute atomic E-state index is 0.149. The van der Waals surface area contributed by atoms with Gasteiger partial charge in [0.1, 0.15) is 4.21 Å². The number of sulfonamides is 1. The van der Waals surface area contributed by atoms with E-state index in [-0.39, 0.29) is 12.5 Å². The average Bonchev–Trinajstić information content (AvgIpc) is 3.35. The standard InChI is InChI=1S/C20H22N4O3S2/c1-14-5-3-6-15(11-14)12-21-20(25)19-16-13-24(9-8-17(16)23(2)22-19)29(26,27)18-7-4-10-28-18/h3-7,10-11H,8-9,12-13H2,1-2H3,(H,21,25). The molecule has 0 spiro atoms. The molecule has 1 aliphatic heterocycles. The van der Waals surface area contributed by atoms with Crippen LogP contribution in [0.4, 0.5) is 0 Å². The predicted octanol–water partition coefficient (Wildman–Crippen LogP) is 2.47. The second kappa shape index (κ2) is 7.74. The van der Waals surface area contributed by atoms with Crippen LogP contribution >= 0.6 is 11.3 Å². The first-order valence-corrected chi connectivity index (χ1v) is 11.6. The molecule has 152 valence electrons. The Labute approximate surface area is 174 Å². The van der Waals surface area contributed by atoms with E-state index in [1.807, 2.05) is 31.2 Å². The van der Waals surface area contributed by atoms with Gasteiger partial charge in [-0.1, -0.05) is 35.9 Å². The van der Waals surface area contributed by atoms with Crippen molar-refractivity contribution in [2.24, 2.45) is 7.05 Å². The maximum Gasteiger partial charge on any atom is 0.272 e. The van der Waals surface area contributed by atoms with E-state index in [1.54, 1.807) is 29.2 Å². The molecule has 0 unspecified atom stereocenters. The molecule has 0 radical (unpaired) electrons. The van der Waals surface area contributed by atoms with Crippen LogP contribution in [0.1, 0.15) is 32.9 Å². The Morgan fingerprint density at radius 3 is 2.83 bits per heavy atom. The number of thiophene rings is 1. The molecular weight excluding hydrogens is 408 g/mol. The molecule has 3 aromatic rings. The third-order valence-corrected chi connectivity index (χ3v) is 8.27. The normalized spacial score (nSPS) is 14.6. The van der Waals surface area contributed by atoms with E-state index in [1.165, 1.54) is 15.6 Å². The summed E-state index contributed by atoms with van der Waals surface area (Å²) < 4.78 is 29.2. The molecule has 7 nitrogen and oxygen atoms in total. The van der Waals surface area contributed by atoms with Crippen LogP contribution in [0.15, 0.2) is 46.0 Å². The second-order valence-electron chi connectivity index (χ2n) is 7.09. The fraction of sp³-hybridized carbons (Fsp3) is 0.300. The Morgan fingerprint density at radius 2 is 2.10 bits per heavy atom. The van der Waals surface area contributed by atoms with E-state index in [2.05, 4.69) is 10.4 Å². The minimum Gasteiger partial charge on any atom is -0.347 e. The molecule has 1 amide bonds. The van der Waals surface area contributed by atoms with Crippen LogP contribution in [0.25, 0.3) is 0 Å². The van der Waals surface area contributed by atoms with Crippen molar-refractivity contribution in [1.82, 2.24) is 19.4 Å². The van der Waals surface area contributed by atoms with Crippen molar-refractivity contribution < 1.29 is 13.2 Å². The van der Waals surface area contributed by atoms with E-state index >= 15 is 0 Å². The molecule has 29 heavy (non-hydrogen) atoms. The van der Waals surface area contributed by atoms with Gasteiger partial charge in [-0.2, -0.15) is 9.40 Å². The van der Waals surface area contributed by atoms with Crippen LogP contribution < -0.4 is 5.32 Å². The van der Waals surface area contributed by atoms with Gasteiger partial charge in [-0.3, -0.25) is 9.48 Å². The van der Waals surface area contributed by atoms with Gasteiger partial charge in [0.25, 0.3) is 15.9 Å². The fourth-order valence-electron chi connectivity index (χ4n) is 3.58. The van der Waals surface area contributed by atoms with Gasteiger partial charge >= 0.3 is 0 Å². The monoisotopic (exact) mass is 430 g/mol. The van der Waals surface area contributed by atoms with E-state index < -0.39 is 10.0 Å². The van der Waals surface area contributed by atoms with Crippen LogP contribution in [0.3, 0.4) is 0 Å². The predicted molar refractivity (Wildman–Crippen MR) is 111 cm³/mol. The number of nitrogens with zero attached hydrogens (tertiary/aromatic N) is 3. The fourth-order valence-corrected chi connectivity index (χ4v) is 6.13. The zero-order chi connectivity index (χ0) is 20.6. The number of aryl methyl sites for hydroxylation is 2. The van der Waals surface area contributed by atoms with Crippen molar-refractivity contribution in [3.63, 3.8) is 0 Å². The summed E-state index contributed by atoms with van der Waals surface area (Å²) in [5.74, 6) is -0.293. The van der Waals surface area contributed by atoms with Crippen LogP contribution in [-0.4, -0.2) is 35.0 Å². The topological polar surface area (TPSA) is 84.3 Å². The number of carbonyl (C=O) groups is 1. The zero-order valence-electron chi connectivity index (χ0n) is 16.3. The average molecular weight is 431 g/mol. The first-order valence-electron chi connectivity index (χ1n) is 9.28. The maximum absolute atomic E-state index is 12.9. The summed E-state index contributed by atoms with van der Waals surface area (Å²) in [6.07, 6.45) is 0.522. The van der Waals surface area contributed by atoms with Gasteiger partial charge in [0.15, 0.2) is 5.69 Å². The maximum atomic E-state index is 12.9. The summed E-state index contributed by atoms with van der Waals surface area (Å²) in [5, 5.41) is 9.04. The zero-order valence-corrected chi connectivity index (χ0v) is 17.9. The summed E-state index contributed by atoms with van der Waals surface area (Å²) >= 11 is 1.20. The Balaban J connectivity index is 1.56. The highest BCUT2D eigenvalue weighted by atomic mass is 32.2. The van der Waals surface area contributed by atoms with Crippen molar-refractivity contribution in [1.29, 1.82) is 0 Å². The van der Waals surface area contributed by atoms with Gasteiger partial charge in [-0.05, 0) is 23.9 Å². The lowest BCUT2D eigenvalue weighted by Gasteiger charge is -2.26. The second-order valence-corrected chi connectivity index (χ2v) is 10.2. The highest BCUT2D eigenvalue weighted by Crippen LogP contribution is 2.28. The quantitative estimate of drug-likeness (QED) is 0.674. The minimum atomic E-state index is -3.57. The first-order chi connectivity index (χ1) is 13.9. The molecule has 0 aliphatic carbocycles. The molecule has 0 saturated heterocycles. The van der Waals surface area contributed by atoms with Gasteiger partial charge in [-0.25, -0.2) is 8.42 Å². The number of fused-ring (bicyclic) bond motifs is 1. The van der Waals surface area contributed by atoms with Crippen LogP contribution in [-0.2, 0) is 36.6 Å². The molecule has 0 fully saturated rings. The Morgan fingerprint density at radius 1 is 1.28 bits per heavy atom. The number of rotatable bonds is 5. The number of hydrogen-bond acceptors (Lipinski definition) is 5. The molecule has 1 aliphatic rings. The molecule has 2 aromatic heterocycles. The van der Waals surface area contributed by atoms with Gasteiger partial charge in [0, 0.05) is 44.4 Å². The number of nitrogens with one attached hydrogen (secondary N) is 1. The van der Waals surface area contributed by atoms with Gasteiger partial charge in [0.05, 0.1) is 0 Å². The number of benzene rings is 1. The van der Waals surface area contributed by atoms with Crippen LogP contribution in [0.2, 0.25) is 0 Å². The number of hydrogen-bond donors (Lipinski definition) is 1. The number of carbonyl (C=O) groups excluding carboxylic acids is 1. The first kappa shape index (κ1) is 19.8. The van der Waals surface area contributed by atoms with E-state index in [4.69, 9.17) is 0 Å². The van der Waals surface area contributed by atoms with E-state index in [0.29, 0.717) is 35.0 Å². The molecule has 0 saturated carbocycles. The molecule has 4 rings (SSSR count). The van der Waals surface area contributed by atoms with Crippen molar-refractivity contribution in [2.75, 3.05) is 6.54 Å². The third-order valence-electron chi connectivity index (χ3n) is 5.05. The molecule has 0 bridgehead atoms. The van der Waals surface area contributed by atoms with Crippen molar-refractivity contribution in [3.8, 4) is 0 Å². The SMILES string of the molecule is Cc1cccc(CNC(=O)c2nn(C)c3c2CN(S(=O)(=O)c2cccs2)CC3)c1. The van der Waals surface area contributed by atoms with Crippen LogP contribution in [0.5, 0.6) is 0 Å². The van der Waals surface area contributed by atoms with Gasteiger partial charge in [0.2, 0.25) is 0 Å². The van der Waals surface area contributed by atoms with Crippen molar-refractivity contribution in [3.05, 3.63) is 69.9 Å². The lowest BCUT2D eigenvalue weighted by Crippen LogP contribution is -2.36. The van der Waals surface area contributed by atoms with Gasteiger partial charge < -0.3 is 5.32 Å². The summed E-state index contributed by atoms with van der Waals surface area (Å²) in [6.45, 7) is 2.92. The lowest BCUT2D eigenvalue weighted by molar-refractivity contribution is 0.0943. The van der Waals surface area contributed by atoms with Gasteiger partial charge in [-0.15, -0.1) is 11.3 Å². The van der Waals surface area contributed by atoms with Crippen molar-refractivity contribution >= 4 is 27.3 Å². The molecule has 1 N–H and O–H groups in total.